The van der Waals surface area contributed by atoms with Gasteiger partial charge in [0.05, 0.1) is 12.8 Å². The van der Waals surface area contributed by atoms with E-state index in [-0.39, 0.29) is 11.9 Å². The molecular formula is C21H21ClN4O2. The van der Waals surface area contributed by atoms with Gasteiger partial charge in [-0.3, -0.25) is 9.89 Å². The van der Waals surface area contributed by atoms with Crippen molar-refractivity contribution in [3.8, 4) is 17.0 Å². The lowest BCUT2D eigenvalue weighted by Gasteiger charge is -2.16. The number of anilines is 1. The van der Waals surface area contributed by atoms with Crippen molar-refractivity contribution in [2.45, 2.75) is 12.5 Å². The van der Waals surface area contributed by atoms with Crippen LogP contribution < -0.4 is 15.0 Å². The minimum absolute atomic E-state index is 0.0709. The first kappa shape index (κ1) is 18.4. The van der Waals surface area contributed by atoms with E-state index in [1.165, 1.54) is 0 Å². The first-order valence-corrected chi connectivity index (χ1v) is 9.51. The number of nitrogens with one attached hydrogen (secondary N) is 2. The topological polar surface area (TPSA) is 70.2 Å². The number of carbonyl (C=O) groups excluding carboxylic acids is 1. The van der Waals surface area contributed by atoms with E-state index < -0.39 is 0 Å². The molecule has 2 N–H and O–H groups in total. The fraction of sp³-hybridized carbons (Fsp3) is 0.238. The lowest BCUT2D eigenvalue weighted by Crippen LogP contribution is -2.37. The first-order valence-electron chi connectivity index (χ1n) is 9.13. The largest absolute Gasteiger partial charge is 0.497 e. The van der Waals surface area contributed by atoms with E-state index in [0.717, 1.165) is 42.3 Å². The quantitative estimate of drug-likeness (QED) is 0.689. The fourth-order valence-corrected chi connectivity index (χ4v) is 3.47. The maximum atomic E-state index is 12.5. The average Bonchev–Trinajstić information content (AvgIpc) is 3.38. The Hall–Kier alpha value is -2.99. The van der Waals surface area contributed by atoms with Gasteiger partial charge in [-0.15, -0.1) is 0 Å². The Morgan fingerprint density at radius 3 is 2.68 bits per heavy atom. The number of rotatable bonds is 5. The number of aromatic nitrogens is 2. The summed E-state index contributed by atoms with van der Waals surface area (Å²) in [6.45, 7) is 1.57. The zero-order valence-corrected chi connectivity index (χ0v) is 16.2. The number of benzene rings is 2. The van der Waals surface area contributed by atoms with Crippen molar-refractivity contribution in [3.05, 3.63) is 65.2 Å². The molecule has 6 nitrogen and oxygen atoms in total. The maximum Gasteiger partial charge on any atom is 0.251 e. The van der Waals surface area contributed by atoms with Gasteiger partial charge in [0, 0.05) is 35.8 Å². The molecule has 28 heavy (non-hydrogen) atoms. The van der Waals surface area contributed by atoms with E-state index in [4.69, 9.17) is 16.3 Å². The van der Waals surface area contributed by atoms with Crippen LogP contribution in [0.2, 0.25) is 5.02 Å². The van der Waals surface area contributed by atoms with E-state index in [2.05, 4.69) is 20.4 Å². The molecule has 0 radical (unpaired) electrons. The number of aromatic amines is 1. The summed E-state index contributed by atoms with van der Waals surface area (Å²) in [5.74, 6) is 1.54. The van der Waals surface area contributed by atoms with Crippen LogP contribution in [-0.2, 0) is 0 Å². The van der Waals surface area contributed by atoms with Crippen molar-refractivity contribution in [1.29, 1.82) is 0 Å². The molecule has 0 saturated carbocycles. The van der Waals surface area contributed by atoms with Crippen LogP contribution in [0.5, 0.6) is 5.75 Å². The van der Waals surface area contributed by atoms with E-state index in [9.17, 15) is 4.79 Å². The molecule has 0 aliphatic carbocycles. The van der Waals surface area contributed by atoms with Gasteiger partial charge in [0.15, 0.2) is 5.82 Å². The minimum Gasteiger partial charge on any atom is -0.497 e. The molecule has 1 amide bonds. The number of halogens is 1. The molecule has 4 rings (SSSR count). The molecule has 2 heterocycles. The number of H-pyrrole nitrogens is 1. The number of amides is 1. The molecule has 2 aromatic carbocycles. The van der Waals surface area contributed by atoms with Crippen LogP contribution in [0.4, 0.5) is 5.82 Å². The molecule has 1 aromatic heterocycles. The second kappa shape index (κ2) is 7.94. The Labute approximate surface area is 168 Å². The number of carbonyl (C=O) groups is 1. The Balaban J connectivity index is 1.37. The summed E-state index contributed by atoms with van der Waals surface area (Å²) in [5.41, 5.74) is 2.60. The summed E-state index contributed by atoms with van der Waals surface area (Å²) in [6, 6.07) is 16.9. The zero-order chi connectivity index (χ0) is 19.5. The maximum absolute atomic E-state index is 12.5. The molecule has 0 bridgehead atoms. The summed E-state index contributed by atoms with van der Waals surface area (Å²) in [6.07, 6.45) is 0.880. The van der Waals surface area contributed by atoms with Gasteiger partial charge in [-0.25, -0.2) is 0 Å². The van der Waals surface area contributed by atoms with Crippen LogP contribution in [0.15, 0.2) is 54.6 Å². The van der Waals surface area contributed by atoms with Crippen molar-refractivity contribution >= 4 is 23.3 Å². The monoisotopic (exact) mass is 396 g/mol. The van der Waals surface area contributed by atoms with E-state index in [1.54, 1.807) is 31.4 Å². The highest BCUT2D eigenvalue weighted by Gasteiger charge is 2.26. The van der Waals surface area contributed by atoms with Gasteiger partial charge in [0.2, 0.25) is 0 Å². The van der Waals surface area contributed by atoms with Gasteiger partial charge in [-0.05, 0) is 48.4 Å². The predicted octanol–water partition coefficient (Wildman–Crippen LogP) is 3.75. The van der Waals surface area contributed by atoms with Gasteiger partial charge in [-0.2, -0.15) is 5.10 Å². The van der Waals surface area contributed by atoms with Gasteiger partial charge in [-0.1, -0.05) is 23.7 Å². The van der Waals surface area contributed by atoms with Crippen LogP contribution >= 0.6 is 11.6 Å². The number of hydrogen-bond acceptors (Lipinski definition) is 4. The third-order valence-electron chi connectivity index (χ3n) is 4.92. The van der Waals surface area contributed by atoms with Crippen LogP contribution in [-0.4, -0.2) is 42.3 Å². The van der Waals surface area contributed by atoms with Gasteiger partial charge in [0.1, 0.15) is 5.75 Å². The number of nitrogens with zero attached hydrogens (tertiary/aromatic N) is 2. The fourth-order valence-electron chi connectivity index (χ4n) is 3.35. The van der Waals surface area contributed by atoms with Crippen molar-refractivity contribution in [3.63, 3.8) is 0 Å². The third kappa shape index (κ3) is 3.97. The summed E-state index contributed by atoms with van der Waals surface area (Å²) in [7, 11) is 1.61. The van der Waals surface area contributed by atoms with Gasteiger partial charge in [0.25, 0.3) is 5.91 Å². The van der Waals surface area contributed by atoms with E-state index in [0.29, 0.717) is 10.6 Å². The molecule has 1 aliphatic rings. The van der Waals surface area contributed by atoms with Crippen LogP contribution in [0, 0.1) is 0 Å². The van der Waals surface area contributed by atoms with Gasteiger partial charge < -0.3 is 15.0 Å². The molecule has 1 aliphatic heterocycles. The highest BCUT2D eigenvalue weighted by molar-refractivity contribution is 6.30. The standard InChI is InChI=1S/C21H21ClN4O2/c1-28-18-8-4-15(5-9-18)21(27)23-17-10-11-26(13-17)20-12-19(24-25-20)14-2-6-16(22)7-3-14/h2-9,12,17H,10-11,13H2,1H3,(H,23,27)(H,24,25)/t17-/m1/s1. The second-order valence-corrected chi connectivity index (χ2v) is 7.22. The predicted molar refractivity (Wildman–Crippen MR) is 110 cm³/mol. The molecule has 1 atom stereocenters. The highest BCUT2D eigenvalue weighted by Crippen LogP contribution is 2.25. The minimum atomic E-state index is -0.0709. The van der Waals surface area contributed by atoms with Crippen molar-refractivity contribution < 1.29 is 9.53 Å². The highest BCUT2D eigenvalue weighted by atomic mass is 35.5. The smallest absolute Gasteiger partial charge is 0.251 e. The Morgan fingerprint density at radius 1 is 1.21 bits per heavy atom. The lowest BCUT2D eigenvalue weighted by molar-refractivity contribution is 0.0940. The Kier molecular flexibility index (Phi) is 5.21. The summed E-state index contributed by atoms with van der Waals surface area (Å²) in [4.78, 5) is 14.6. The SMILES string of the molecule is COc1ccc(C(=O)N[C@@H]2CCN(c3cc(-c4ccc(Cl)cc4)[nH]n3)C2)cc1. The van der Waals surface area contributed by atoms with Crippen molar-refractivity contribution in [2.75, 3.05) is 25.1 Å². The van der Waals surface area contributed by atoms with Crippen molar-refractivity contribution in [2.24, 2.45) is 0 Å². The van der Waals surface area contributed by atoms with Crippen molar-refractivity contribution in [1.82, 2.24) is 15.5 Å². The van der Waals surface area contributed by atoms with E-state index in [1.807, 2.05) is 30.3 Å². The van der Waals surface area contributed by atoms with Gasteiger partial charge >= 0.3 is 0 Å². The molecule has 3 aromatic rings. The lowest BCUT2D eigenvalue weighted by atomic mass is 10.1. The average molecular weight is 397 g/mol. The Bertz CT molecular complexity index is 953. The summed E-state index contributed by atoms with van der Waals surface area (Å²) >= 11 is 5.95. The molecule has 0 spiro atoms. The van der Waals surface area contributed by atoms with Crippen LogP contribution in [0.3, 0.4) is 0 Å². The van der Waals surface area contributed by atoms with Crippen LogP contribution in [0.1, 0.15) is 16.8 Å². The molecule has 144 valence electrons. The Morgan fingerprint density at radius 2 is 1.96 bits per heavy atom. The number of hydrogen-bond donors (Lipinski definition) is 2. The summed E-state index contributed by atoms with van der Waals surface area (Å²) in [5, 5.41) is 11.3. The molecule has 1 fully saturated rings. The molecule has 1 saturated heterocycles. The normalized spacial score (nSPS) is 16.2. The first-order chi connectivity index (χ1) is 13.6. The summed E-state index contributed by atoms with van der Waals surface area (Å²) < 4.78 is 5.13. The molecule has 7 heteroatoms. The third-order valence-corrected chi connectivity index (χ3v) is 5.17. The number of methoxy groups -OCH3 is 1. The molecule has 0 unspecified atom stereocenters. The molecular weight excluding hydrogens is 376 g/mol. The van der Waals surface area contributed by atoms with Crippen LogP contribution in [0.25, 0.3) is 11.3 Å². The van der Waals surface area contributed by atoms with E-state index >= 15 is 0 Å². The second-order valence-electron chi connectivity index (χ2n) is 6.78. The zero-order valence-electron chi connectivity index (χ0n) is 15.5. The number of ether oxygens (including phenoxy) is 1.